The fourth-order valence-corrected chi connectivity index (χ4v) is 2.25. The maximum Gasteiger partial charge on any atom is 0.0870 e. The van der Waals surface area contributed by atoms with Gasteiger partial charge in [0.1, 0.15) is 0 Å². The van der Waals surface area contributed by atoms with Gasteiger partial charge in [-0.15, -0.1) is 0 Å². The first-order valence-electron chi connectivity index (χ1n) is 7.48. The predicted molar refractivity (Wildman–Crippen MR) is 79.9 cm³/mol. The molecule has 2 aliphatic rings. The molecular weight excluding hydrogens is 288 g/mol. The number of rotatable bonds is 0. The highest BCUT2D eigenvalue weighted by Crippen LogP contribution is 1.93. The Morgan fingerprint density at radius 1 is 0.864 bits per heavy atom. The Hall–Kier alpha value is -1.22. The summed E-state index contributed by atoms with van der Waals surface area (Å²) in [5, 5.41) is 24.6. The zero-order valence-electron chi connectivity index (χ0n) is 13.9. The molecule has 2 atom stereocenters. The lowest BCUT2D eigenvalue weighted by Crippen LogP contribution is -2.47. The number of nitrogens with zero attached hydrogens (tertiary/aromatic N) is 2. The summed E-state index contributed by atoms with van der Waals surface area (Å²) in [6, 6.07) is 1.38. The Balaban J connectivity index is 0.000000306. The standard InChI is InChI=1S/2C6H14N2.C2H2O4/c2*1-6-5-8(2)4-3-7-6;3-1(4)2(5)6/h2*6-7H,3-5H2,1-2H3;(H,3,4)(H,5,6)/p-2/t2*6-;/m11./s1. The SMILES string of the molecule is C[C@@H]1CN(C)CCN1.C[C@@H]1CN(C)CCN1.O=C([O-])C(=O)[O-]. The summed E-state index contributed by atoms with van der Waals surface area (Å²) in [5.74, 6) is -4.37. The number of aliphatic carboxylic acids is 2. The van der Waals surface area contributed by atoms with Crippen LogP contribution in [-0.4, -0.2) is 87.2 Å². The van der Waals surface area contributed by atoms with Gasteiger partial charge < -0.3 is 40.2 Å². The number of carbonyl (C=O) groups is 2. The maximum absolute atomic E-state index is 8.93. The maximum atomic E-state index is 8.93. The van der Waals surface area contributed by atoms with Gasteiger partial charge in [-0.05, 0) is 27.9 Å². The van der Waals surface area contributed by atoms with E-state index in [-0.39, 0.29) is 0 Å². The van der Waals surface area contributed by atoms with Crippen LogP contribution in [0.5, 0.6) is 0 Å². The van der Waals surface area contributed by atoms with Crippen molar-refractivity contribution in [1.82, 2.24) is 20.4 Å². The summed E-state index contributed by atoms with van der Waals surface area (Å²) in [5.41, 5.74) is 0. The molecule has 0 aliphatic carbocycles. The predicted octanol–water partition coefficient (Wildman–Crippen LogP) is -3.69. The van der Waals surface area contributed by atoms with Crippen molar-refractivity contribution in [3.8, 4) is 0 Å². The van der Waals surface area contributed by atoms with Gasteiger partial charge >= 0.3 is 0 Å². The number of carboxylic acid groups (broad SMARTS) is 2. The lowest BCUT2D eigenvalue weighted by molar-refractivity contribution is -0.345. The highest BCUT2D eigenvalue weighted by atomic mass is 16.4. The minimum absolute atomic E-state index is 0.689. The molecule has 0 bridgehead atoms. The molecule has 8 heteroatoms. The van der Waals surface area contributed by atoms with Crippen LogP contribution in [0.25, 0.3) is 0 Å². The number of piperazine rings is 2. The summed E-state index contributed by atoms with van der Waals surface area (Å²) in [4.78, 5) is 22.5. The Bertz CT molecular complexity index is 293. The van der Waals surface area contributed by atoms with Crippen LogP contribution in [0.2, 0.25) is 0 Å². The van der Waals surface area contributed by atoms with Crippen molar-refractivity contribution in [2.24, 2.45) is 0 Å². The van der Waals surface area contributed by atoms with Crippen molar-refractivity contribution < 1.29 is 19.8 Å². The van der Waals surface area contributed by atoms with Crippen molar-refractivity contribution in [3.05, 3.63) is 0 Å². The van der Waals surface area contributed by atoms with E-state index in [0.717, 1.165) is 13.1 Å². The van der Waals surface area contributed by atoms with Crippen LogP contribution in [0.1, 0.15) is 13.8 Å². The van der Waals surface area contributed by atoms with Crippen LogP contribution in [-0.2, 0) is 9.59 Å². The highest BCUT2D eigenvalue weighted by molar-refractivity contribution is 6.25. The molecule has 0 saturated carbocycles. The molecular formula is C14H28N4O4-2. The normalized spacial score (nSPS) is 26.0. The van der Waals surface area contributed by atoms with Gasteiger partial charge in [0.25, 0.3) is 0 Å². The van der Waals surface area contributed by atoms with Crippen LogP contribution in [0.3, 0.4) is 0 Å². The lowest BCUT2D eigenvalue weighted by atomic mass is 10.2. The topological polar surface area (TPSA) is 111 Å². The van der Waals surface area contributed by atoms with Crippen molar-refractivity contribution in [1.29, 1.82) is 0 Å². The van der Waals surface area contributed by atoms with Gasteiger partial charge in [-0.25, -0.2) is 0 Å². The summed E-state index contributed by atoms with van der Waals surface area (Å²) in [6.45, 7) is 11.5. The van der Waals surface area contributed by atoms with Crippen molar-refractivity contribution >= 4 is 11.9 Å². The number of likely N-dealkylation sites (N-methyl/N-ethyl adjacent to an activating group) is 2. The Morgan fingerprint density at radius 2 is 1.18 bits per heavy atom. The quantitative estimate of drug-likeness (QED) is 0.439. The summed E-state index contributed by atoms with van der Waals surface area (Å²) >= 11 is 0. The minimum Gasteiger partial charge on any atom is -0.543 e. The van der Waals surface area contributed by atoms with Gasteiger partial charge in [-0.3, -0.25) is 0 Å². The van der Waals surface area contributed by atoms with Crippen molar-refractivity contribution in [2.75, 3.05) is 53.4 Å². The average molecular weight is 316 g/mol. The number of nitrogens with one attached hydrogen (secondary N) is 2. The number of carboxylic acids is 2. The van der Waals surface area contributed by atoms with E-state index in [0.29, 0.717) is 12.1 Å². The van der Waals surface area contributed by atoms with E-state index in [1.54, 1.807) is 0 Å². The van der Waals surface area contributed by atoms with Crippen LogP contribution in [0, 0.1) is 0 Å². The molecule has 2 aliphatic heterocycles. The first-order valence-corrected chi connectivity index (χ1v) is 7.48. The molecule has 0 amide bonds. The second kappa shape index (κ2) is 11.4. The fraction of sp³-hybridized carbons (Fsp3) is 0.857. The van der Waals surface area contributed by atoms with E-state index in [9.17, 15) is 0 Å². The molecule has 2 fully saturated rings. The third-order valence-corrected chi connectivity index (χ3v) is 3.31. The van der Waals surface area contributed by atoms with E-state index in [2.05, 4.69) is 48.4 Å². The molecule has 22 heavy (non-hydrogen) atoms. The van der Waals surface area contributed by atoms with Crippen molar-refractivity contribution in [2.45, 2.75) is 25.9 Å². The van der Waals surface area contributed by atoms with Gasteiger partial charge in [0.2, 0.25) is 0 Å². The lowest BCUT2D eigenvalue weighted by Gasteiger charge is -2.28. The van der Waals surface area contributed by atoms with Gasteiger partial charge in [0.15, 0.2) is 0 Å². The third kappa shape index (κ3) is 11.4. The third-order valence-electron chi connectivity index (χ3n) is 3.31. The molecule has 0 unspecified atom stereocenters. The van der Waals surface area contributed by atoms with E-state index in [4.69, 9.17) is 19.8 Å². The zero-order valence-corrected chi connectivity index (χ0v) is 13.9. The van der Waals surface area contributed by atoms with Crippen LogP contribution < -0.4 is 20.8 Å². The summed E-state index contributed by atoms with van der Waals surface area (Å²) in [6.07, 6.45) is 0. The smallest absolute Gasteiger partial charge is 0.0870 e. The van der Waals surface area contributed by atoms with Crippen LogP contribution in [0.15, 0.2) is 0 Å². The van der Waals surface area contributed by atoms with Gasteiger partial charge in [0.05, 0.1) is 11.9 Å². The molecule has 2 N–H and O–H groups in total. The molecule has 2 saturated heterocycles. The van der Waals surface area contributed by atoms with E-state index in [1.807, 2.05) is 0 Å². The van der Waals surface area contributed by atoms with E-state index >= 15 is 0 Å². The van der Waals surface area contributed by atoms with Gasteiger partial charge in [-0.1, -0.05) is 0 Å². The monoisotopic (exact) mass is 316 g/mol. The first-order chi connectivity index (χ1) is 10.2. The minimum atomic E-state index is -2.19. The highest BCUT2D eigenvalue weighted by Gasteiger charge is 2.10. The van der Waals surface area contributed by atoms with Crippen LogP contribution in [0.4, 0.5) is 0 Å². The van der Waals surface area contributed by atoms with Crippen LogP contribution >= 0.6 is 0 Å². The Kier molecular flexibility index (Phi) is 10.7. The molecule has 0 aromatic heterocycles. The van der Waals surface area contributed by atoms with Gasteiger partial charge in [0, 0.05) is 51.4 Å². The molecule has 2 heterocycles. The average Bonchev–Trinajstić information content (AvgIpc) is 2.39. The second-order valence-corrected chi connectivity index (χ2v) is 5.81. The molecule has 0 aromatic rings. The summed E-state index contributed by atoms with van der Waals surface area (Å²) < 4.78 is 0. The van der Waals surface area contributed by atoms with E-state index in [1.165, 1.54) is 26.2 Å². The molecule has 0 radical (unpaired) electrons. The van der Waals surface area contributed by atoms with Gasteiger partial charge in [-0.2, -0.15) is 0 Å². The first kappa shape index (κ1) is 20.8. The largest absolute Gasteiger partial charge is 0.543 e. The molecule has 2 rings (SSSR count). The number of hydrogen-bond acceptors (Lipinski definition) is 8. The zero-order chi connectivity index (χ0) is 17.1. The molecule has 8 nitrogen and oxygen atoms in total. The Morgan fingerprint density at radius 3 is 1.32 bits per heavy atom. The Labute approximate surface area is 132 Å². The number of carbonyl (C=O) groups excluding carboxylic acids is 2. The second-order valence-electron chi connectivity index (χ2n) is 5.81. The molecule has 0 aromatic carbocycles. The molecule has 0 spiro atoms. The van der Waals surface area contributed by atoms with E-state index < -0.39 is 11.9 Å². The summed E-state index contributed by atoms with van der Waals surface area (Å²) in [7, 11) is 4.33. The fourth-order valence-electron chi connectivity index (χ4n) is 2.25. The number of hydrogen-bond donors (Lipinski definition) is 2. The molecule has 130 valence electrons. The van der Waals surface area contributed by atoms with Crippen molar-refractivity contribution in [3.63, 3.8) is 0 Å².